The van der Waals surface area contributed by atoms with Crippen molar-refractivity contribution in [2.45, 2.75) is 97.8 Å². The molecule has 0 aliphatic carbocycles. The molecule has 1 aliphatic heterocycles. The van der Waals surface area contributed by atoms with Gasteiger partial charge in [-0.1, -0.05) is 63.4 Å². The third-order valence-electron chi connectivity index (χ3n) is 7.35. The molecular formula is C29H43ClN2O4. The minimum Gasteiger partial charge on any atom is -0.392 e. The number of pyridine rings is 1. The van der Waals surface area contributed by atoms with Crippen molar-refractivity contribution in [1.29, 1.82) is 0 Å². The Bertz CT molecular complexity index is 928. The van der Waals surface area contributed by atoms with Crippen LogP contribution in [0.1, 0.15) is 85.3 Å². The van der Waals surface area contributed by atoms with Crippen LogP contribution in [0.5, 0.6) is 0 Å². The average Bonchev–Trinajstić information content (AvgIpc) is 2.84. The minimum absolute atomic E-state index is 0.0501. The third-order valence-corrected chi connectivity index (χ3v) is 7.73. The summed E-state index contributed by atoms with van der Waals surface area (Å²) in [6.07, 6.45) is 7.59. The van der Waals surface area contributed by atoms with E-state index in [9.17, 15) is 19.8 Å². The van der Waals surface area contributed by atoms with Gasteiger partial charge < -0.3 is 15.5 Å². The number of nitrogens with zero attached hydrogens (tertiary/aromatic N) is 1. The van der Waals surface area contributed by atoms with Gasteiger partial charge in [0.05, 0.1) is 35.8 Å². The fourth-order valence-corrected chi connectivity index (χ4v) is 4.98. The summed E-state index contributed by atoms with van der Waals surface area (Å²) < 4.78 is 0. The molecule has 1 aromatic heterocycles. The Morgan fingerprint density at radius 3 is 2.64 bits per heavy atom. The molecule has 0 spiro atoms. The van der Waals surface area contributed by atoms with Crippen LogP contribution in [0.2, 0.25) is 0 Å². The van der Waals surface area contributed by atoms with Gasteiger partial charge in [0, 0.05) is 17.1 Å². The Kier molecular flexibility index (Phi) is 11.8. The van der Waals surface area contributed by atoms with Crippen LogP contribution < -0.4 is 5.32 Å². The van der Waals surface area contributed by atoms with Crippen molar-refractivity contribution in [3.8, 4) is 0 Å². The molecule has 200 valence electrons. The second-order valence-electron chi connectivity index (χ2n) is 10.8. The number of aliphatic hydroxyl groups excluding tert-OH is 2. The van der Waals surface area contributed by atoms with Gasteiger partial charge in [-0.05, 0) is 63.2 Å². The van der Waals surface area contributed by atoms with E-state index in [0.29, 0.717) is 23.6 Å². The number of amides is 1. The summed E-state index contributed by atoms with van der Waals surface area (Å²) in [5, 5.41) is 25.5. The zero-order chi connectivity index (χ0) is 26.9. The monoisotopic (exact) mass is 518 g/mol. The van der Waals surface area contributed by atoms with Gasteiger partial charge in [0.2, 0.25) is 5.91 Å². The first-order chi connectivity index (χ1) is 17.0. The van der Waals surface area contributed by atoms with Gasteiger partial charge in [-0.3, -0.25) is 14.6 Å². The van der Waals surface area contributed by atoms with Crippen LogP contribution in [0.25, 0.3) is 6.08 Å². The first-order valence-corrected chi connectivity index (χ1v) is 13.5. The summed E-state index contributed by atoms with van der Waals surface area (Å²) in [4.78, 5) is 30.8. The van der Waals surface area contributed by atoms with E-state index in [2.05, 4.69) is 23.3 Å². The number of hydrogen-bond donors (Lipinski definition) is 3. The van der Waals surface area contributed by atoms with E-state index in [1.54, 1.807) is 26.1 Å². The molecule has 2 heterocycles. The van der Waals surface area contributed by atoms with Crippen molar-refractivity contribution in [3.05, 3.63) is 46.8 Å². The Balaban J connectivity index is 2.37. The number of nitrogens with one attached hydrogen (secondary N) is 1. The molecule has 36 heavy (non-hydrogen) atoms. The van der Waals surface area contributed by atoms with E-state index >= 15 is 0 Å². The highest BCUT2D eigenvalue weighted by atomic mass is 35.5. The predicted octanol–water partition coefficient (Wildman–Crippen LogP) is 5.43. The predicted molar refractivity (Wildman–Crippen MR) is 145 cm³/mol. The standard InChI is InChI=1S/C29H43ClN2O4/c1-6-10-22-27(35)20(3)12-9-11-19(2)14-15-24(23(30)17-21-13-7-8-16-31-21)32-26(34)18-25(33)29(4,5)28(22)36/h7-8,13-14,16-17,20,22,24-25,27,33,35H,6,9-12,15,18H2,1-5H3,(H,32,34)/b19-14-,23-17-/t20-,22+,24-,25-,27-/m0/s1. The zero-order valence-electron chi connectivity index (χ0n) is 22.3. The lowest BCUT2D eigenvalue weighted by atomic mass is 9.71. The SMILES string of the molecule is CCC[C@H]1C(=O)C(C)(C)[C@@H](O)CC(=O)N[C@H](/C(Cl)=C/c2ccccn2)C/C=C(/C)CCC[C@H](C)[C@@H]1O. The van der Waals surface area contributed by atoms with Crippen LogP contribution in [0, 0.1) is 17.3 Å². The lowest BCUT2D eigenvalue weighted by molar-refractivity contribution is -0.144. The fraction of sp³-hybridized carbons (Fsp3) is 0.621. The Morgan fingerprint density at radius 2 is 2.00 bits per heavy atom. The maximum absolute atomic E-state index is 13.6. The van der Waals surface area contributed by atoms with Crippen molar-refractivity contribution in [2.75, 3.05) is 0 Å². The maximum atomic E-state index is 13.6. The van der Waals surface area contributed by atoms with Crippen molar-refractivity contribution in [2.24, 2.45) is 17.3 Å². The summed E-state index contributed by atoms with van der Waals surface area (Å²) in [6.45, 7) is 9.34. The Hall–Kier alpha value is -2.02. The van der Waals surface area contributed by atoms with Crippen molar-refractivity contribution >= 4 is 29.4 Å². The third kappa shape index (κ3) is 8.53. The van der Waals surface area contributed by atoms with Crippen LogP contribution in [-0.4, -0.2) is 45.1 Å². The van der Waals surface area contributed by atoms with Gasteiger partial charge in [0.15, 0.2) is 0 Å². The number of aliphatic hydroxyl groups is 2. The molecule has 0 fully saturated rings. The van der Waals surface area contributed by atoms with Crippen LogP contribution in [0.3, 0.4) is 0 Å². The molecule has 0 radical (unpaired) electrons. The number of rotatable bonds is 4. The molecule has 0 aromatic carbocycles. The van der Waals surface area contributed by atoms with E-state index in [-0.39, 0.29) is 24.0 Å². The van der Waals surface area contributed by atoms with Crippen LogP contribution in [-0.2, 0) is 9.59 Å². The number of halogens is 1. The fourth-order valence-electron chi connectivity index (χ4n) is 4.73. The van der Waals surface area contributed by atoms with Crippen LogP contribution in [0.4, 0.5) is 0 Å². The zero-order valence-corrected chi connectivity index (χ0v) is 23.1. The first kappa shape index (κ1) is 30.2. The summed E-state index contributed by atoms with van der Waals surface area (Å²) in [5.74, 6) is -1.21. The highest BCUT2D eigenvalue weighted by Crippen LogP contribution is 2.34. The molecule has 3 N–H and O–H groups in total. The largest absolute Gasteiger partial charge is 0.392 e. The number of Topliss-reactive ketones (excluding diaryl/α,β-unsaturated/α-hetero) is 1. The average molecular weight is 519 g/mol. The lowest BCUT2D eigenvalue weighted by Crippen LogP contribution is -2.48. The first-order valence-electron chi connectivity index (χ1n) is 13.1. The molecule has 6 nitrogen and oxygen atoms in total. The molecule has 2 rings (SSSR count). The van der Waals surface area contributed by atoms with Gasteiger partial charge in [-0.15, -0.1) is 0 Å². The number of hydrogen-bond acceptors (Lipinski definition) is 5. The second kappa shape index (κ2) is 14.1. The Morgan fingerprint density at radius 1 is 1.28 bits per heavy atom. The molecular weight excluding hydrogens is 476 g/mol. The summed E-state index contributed by atoms with van der Waals surface area (Å²) in [6, 6.07) is 5.04. The summed E-state index contributed by atoms with van der Waals surface area (Å²) in [5.41, 5.74) is 0.674. The molecule has 1 aromatic rings. The van der Waals surface area contributed by atoms with Gasteiger partial charge >= 0.3 is 0 Å². The molecule has 0 unspecified atom stereocenters. The van der Waals surface area contributed by atoms with E-state index in [0.717, 1.165) is 25.7 Å². The smallest absolute Gasteiger partial charge is 0.223 e. The molecule has 0 saturated carbocycles. The molecule has 1 aliphatic rings. The quantitative estimate of drug-likeness (QED) is 0.462. The van der Waals surface area contributed by atoms with Gasteiger partial charge in [-0.2, -0.15) is 0 Å². The number of aromatic nitrogens is 1. The van der Waals surface area contributed by atoms with E-state index in [1.807, 2.05) is 32.0 Å². The van der Waals surface area contributed by atoms with E-state index in [1.165, 1.54) is 5.57 Å². The normalized spacial score (nSPS) is 30.8. The number of ketones is 1. The van der Waals surface area contributed by atoms with Gasteiger partial charge in [-0.25, -0.2) is 0 Å². The second-order valence-corrected chi connectivity index (χ2v) is 11.2. The molecule has 0 bridgehead atoms. The van der Waals surface area contributed by atoms with Crippen molar-refractivity contribution < 1.29 is 19.8 Å². The minimum atomic E-state index is -1.20. The van der Waals surface area contributed by atoms with Gasteiger partial charge in [0.1, 0.15) is 5.78 Å². The number of carbonyl (C=O) groups is 2. The van der Waals surface area contributed by atoms with Gasteiger partial charge in [0.25, 0.3) is 0 Å². The summed E-state index contributed by atoms with van der Waals surface area (Å²) >= 11 is 6.64. The maximum Gasteiger partial charge on any atom is 0.223 e. The van der Waals surface area contributed by atoms with E-state index < -0.39 is 29.6 Å². The summed E-state index contributed by atoms with van der Waals surface area (Å²) in [7, 11) is 0. The highest BCUT2D eigenvalue weighted by Gasteiger charge is 2.43. The molecule has 5 atom stereocenters. The van der Waals surface area contributed by atoms with Crippen LogP contribution >= 0.6 is 11.6 Å². The number of allylic oxidation sites excluding steroid dienone is 1. The van der Waals surface area contributed by atoms with E-state index in [4.69, 9.17) is 11.6 Å². The van der Waals surface area contributed by atoms with Crippen molar-refractivity contribution in [3.63, 3.8) is 0 Å². The topological polar surface area (TPSA) is 99.5 Å². The number of carbonyl (C=O) groups excluding carboxylic acids is 2. The van der Waals surface area contributed by atoms with Crippen molar-refractivity contribution in [1.82, 2.24) is 10.3 Å². The molecule has 0 saturated heterocycles. The highest BCUT2D eigenvalue weighted by molar-refractivity contribution is 6.32. The van der Waals surface area contributed by atoms with Crippen LogP contribution in [0.15, 0.2) is 41.1 Å². The Labute approximate surface area is 221 Å². The lowest BCUT2D eigenvalue weighted by Gasteiger charge is -2.36. The molecule has 1 amide bonds. The molecule has 7 heteroatoms.